The summed E-state index contributed by atoms with van der Waals surface area (Å²) in [6, 6.07) is 4.76. The van der Waals surface area contributed by atoms with E-state index in [0.717, 1.165) is 19.4 Å². The van der Waals surface area contributed by atoms with Crippen molar-refractivity contribution in [2.45, 2.75) is 19.0 Å². The number of nitrogens with zero attached hydrogens (tertiary/aromatic N) is 2. The molecule has 1 aromatic heterocycles. The summed E-state index contributed by atoms with van der Waals surface area (Å²) in [7, 11) is 0. The molecule has 2 aromatic rings. The third-order valence-electron chi connectivity index (χ3n) is 3.21. The van der Waals surface area contributed by atoms with Crippen LogP contribution in [0.15, 0.2) is 23.0 Å². The summed E-state index contributed by atoms with van der Waals surface area (Å²) in [4.78, 5) is 16.5. The Hall–Kier alpha value is -1.59. The summed E-state index contributed by atoms with van der Waals surface area (Å²) in [5.41, 5.74) is 0.0297. The highest BCUT2D eigenvalue weighted by Crippen LogP contribution is 2.24. The van der Waals surface area contributed by atoms with Gasteiger partial charge in [0.25, 0.3) is 5.56 Å². The molecule has 2 N–H and O–H groups in total. The van der Waals surface area contributed by atoms with Crippen molar-refractivity contribution in [3.63, 3.8) is 0 Å². The number of benzene rings is 1. The van der Waals surface area contributed by atoms with Crippen molar-refractivity contribution >= 4 is 22.5 Å². The SMILES string of the molecule is O=c1c2cccc(O)c2nc(Cl)n1C1CCCN1. The van der Waals surface area contributed by atoms with Gasteiger partial charge in [0.2, 0.25) is 5.28 Å². The Labute approximate surface area is 108 Å². The summed E-state index contributed by atoms with van der Waals surface area (Å²) in [5, 5.41) is 13.4. The van der Waals surface area contributed by atoms with Gasteiger partial charge in [0.05, 0.1) is 11.6 Å². The number of aromatic hydroxyl groups is 1. The zero-order valence-electron chi connectivity index (χ0n) is 9.56. The van der Waals surface area contributed by atoms with Crippen LogP contribution < -0.4 is 10.9 Å². The molecule has 0 amide bonds. The fraction of sp³-hybridized carbons (Fsp3) is 0.333. The van der Waals surface area contributed by atoms with Crippen LogP contribution in [0.5, 0.6) is 5.75 Å². The largest absolute Gasteiger partial charge is 0.506 e. The first kappa shape index (κ1) is 11.5. The molecule has 18 heavy (non-hydrogen) atoms. The van der Waals surface area contributed by atoms with Gasteiger partial charge < -0.3 is 5.11 Å². The van der Waals surface area contributed by atoms with Crippen LogP contribution >= 0.6 is 11.6 Å². The molecule has 1 unspecified atom stereocenters. The van der Waals surface area contributed by atoms with Crippen molar-refractivity contribution < 1.29 is 5.11 Å². The molecular weight excluding hydrogens is 254 g/mol. The lowest BCUT2D eigenvalue weighted by atomic mass is 10.2. The van der Waals surface area contributed by atoms with Crippen LogP contribution in [0.3, 0.4) is 0 Å². The zero-order valence-corrected chi connectivity index (χ0v) is 10.3. The molecule has 0 saturated carbocycles. The Morgan fingerprint density at radius 2 is 2.33 bits per heavy atom. The molecule has 1 aromatic carbocycles. The van der Waals surface area contributed by atoms with Crippen LogP contribution in [-0.4, -0.2) is 21.2 Å². The minimum atomic E-state index is -0.222. The third-order valence-corrected chi connectivity index (χ3v) is 3.48. The lowest BCUT2D eigenvalue weighted by Crippen LogP contribution is -2.31. The maximum absolute atomic E-state index is 12.4. The van der Waals surface area contributed by atoms with Crippen LogP contribution in [0.4, 0.5) is 0 Å². The van der Waals surface area contributed by atoms with Gasteiger partial charge in [-0.15, -0.1) is 0 Å². The highest BCUT2D eigenvalue weighted by atomic mass is 35.5. The van der Waals surface area contributed by atoms with Gasteiger partial charge in [0.15, 0.2) is 0 Å². The van der Waals surface area contributed by atoms with E-state index >= 15 is 0 Å². The fourth-order valence-corrected chi connectivity index (χ4v) is 2.62. The molecular formula is C12H12ClN3O2. The molecule has 94 valence electrons. The van der Waals surface area contributed by atoms with Crippen molar-refractivity contribution in [3.8, 4) is 5.75 Å². The maximum atomic E-state index is 12.4. The van der Waals surface area contributed by atoms with Gasteiger partial charge in [-0.2, -0.15) is 0 Å². The van der Waals surface area contributed by atoms with Gasteiger partial charge >= 0.3 is 0 Å². The zero-order chi connectivity index (χ0) is 12.7. The number of hydrogen-bond acceptors (Lipinski definition) is 4. The summed E-state index contributed by atoms with van der Waals surface area (Å²) < 4.78 is 1.45. The Bertz CT molecular complexity index is 662. The lowest BCUT2D eigenvalue weighted by Gasteiger charge is -2.16. The number of para-hydroxylation sites is 1. The summed E-state index contributed by atoms with van der Waals surface area (Å²) in [6.45, 7) is 0.867. The van der Waals surface area contributed by atoms with Crippen molar-refractivity contribution in [2.24, 2.45) is 0 Å². The second-order valence-corrected chi connectivity index (χ2v) is 4.68. The van der Waals surface area contributed by atoms with E-state index in [1.807, 2.05) is 0 Å². The quantitative estimate of drug-likeness (QED) is 0.769. The van der Waals surface area contributed by atoms with Crippen molar-refractivity contribution in [2.75, 3.05) is 6.54 Å². The minimum absolute atomic E-state index is 0.0296. The number of rotatable bonds is 1. The van der Waals surface area contributed by atoms with E-state index in [0.29, 0.717) is 5.39 Å². The van der Waals surface area contributed by atoms with Gasteiger partial charge in [-0.05, 0) is 43.1 Å². The van der Waals surface area contributed by atoms with Crippen LogP contribution in [0.1, 0.15) is 19.0 Å². The average molecular weight is 266 g/mol. The van der Waals surface area contributed by atoms with Crippen molar-refractivity contribution in [1.29, 1.82) is 0 Å². The predicted molar refractivity (Wildman–Crippen MR) is 69.0 cm³/mol. The molecule has 5 nitrogen and oxygen atoms in total. The van der Waals surface area contributed by atoms with E-state index in [1.165, 1.54) is 10.6 Å². The van der Waals surface area contributed by atoms with E-state index in [-0.39, 0.29) is 28.3 Å². The fourth-order valence-electron chi connectivity index (χ4n) is 2.34. The Kier molecular flexibility index (Phi) is 2.72. The number of halogens is 1. The smallest absolute Gasteiger partial charge is 0.263 e. The number of phenolic OH excluding ortho intramolecular Hbond substituents is 1. The van der Waals surface area contributed by atoms with Crippen molar-refractivity contribution in [1.82, 2.24) is 14.9 Å². The van der Waals surface area contributed by atoms with Gasteiger partial charge in [0, 0.05) is 0 Å². The molecule has 0 aliphatic carbocycles. The standard InChI is InChI=1S/C12H12ClN3O2/c13-12-15-10-7(3-1-4-8(10)17)11(18)16(12)9-5-2-6-14-9/h1,3-4,9,14,17H,2,5-6H2. The van der Waals surface area contributed by atoms with E-state index in [4.69, 9.17) is 11.6 Å². The number of phenols is 1. The predicted octanol–water partition coefficient (Wildman–Crippen LogP) is 1.64. The van der Waals surface area contributed by atoms with Gasteiger partial charge in [-0.1, -0.05) is 6.07 Å². The minimum Gasteiger partial charge on any atom is -0.506 e. The Morgan fingerprint density at radius 1 is 1.50 bits per heavy atom. The first-order valence-electron chi connectivity index (χ1n) is 5.81. The van der Waals surface area contributed by atoms with E-state index < -0.39 is 0 Å². The number of aromatic nitrogens is 2. The van der Waals surface area contributed by atoms with Gasteiger partial charge in [-0.3, -0.25) is 14.7 Å². The lowest BCUT2D eigenvalue weighted by molar-refractivity contribution is 0.451. The second kappa shape index (κ2) is 4.26. The number of fused-ring (bicyclic) bond motifs is 1. The van der Waals surface area contributed by atoms with Crippen molar-refractivity contribution in [3.05, 3.63) is 33.8 Å². The number of nitrogens with one attached hydrogen (secondary N) is 1. The highest BCUT2D eigenvalue weighted by molar-refractivity contribution is 6.28. The molecule has 6 heteroatoms. The molecule has 2 heterocycles. The Morgan fingerprint density at radius 3 is 3.06 bits per heavy atom. The van der Waals surface area contributed by atoms with Gasteiger partial charge in [-0.25, -0.2) is 4.98 Å². The summed E-state index contributed by atoms with van der Waals surface area (Å²) >= 11 is 6.06. The molecule has 3 rings (SSSR count). The molecule has 1 fully saturated rings. The van der Waals surface area contributed by atoms with Gasteiger partial charge in [0.1, 0.15) is 11.3 Å². The van der Waals surface area contributed by atoms with E-state index in [9.17, 15) is 9.90 Å². The Balaban J connectivity index is 2.30. The molecule has 0 radical (unpaired) electrons. The van der Waals surface area contributed by atoms with E-state index in [2.05, 4.69) is 10.3 Å². The average Bonchev–Trinajstić information content (AvgIpc) is 2.84. The molecule has 1 atom stereocenters. The van der Waals surface area contributed by atoms with Crippen LogP contribution in [-0.2, 0) is 0 Å². The molecule has 0 spiro atoms. The molecule has 1 aliphatic heterocycles. The second-order valence-electron chi connectivity index (χ2n) is 4.34. The van der Waals surface area contributed by atoms with Crippen LogP contribution in [0, 0.1) is 0 Å². The first-order chi connectivity index (χ1) is 8.68. The highest BCUT2D eigenvalue weighted by Gasteiger charge is 2.21. The molecule has 0 bridgehead atoms. The maximum Gasteiger partial charge on any atom is 0.263 e. The number of hydrogen-bond donors (Lipinski definition) is 2. The molecule has 1 saturated heterocycles. The summed E-state index contributed by atoms with van der Waals surface area (Å²) in [6.07, 6.45) is 1.75. The first-order valence-corrected chi connectivity index (χ1v) is 6.19. The van der Waals surface area contributed by atoms with Crippen LogP contribution in [0.2, 0.25) is 5.28 Å². The normalized spacial score (nSPS) is 19.5. The topological polar surface area (TPSA) is 67.1 Å². The van der Waals surface area contributed by atoms with E-state index in [1.54, 1.807) is 12.1 Å². The van der Waals surface area contributed by atoms with Crippen LogP contribution in [0.25, 0.3) is 10.9 Å². The monoisotopic (exact) mass is 265 g/mol. The third kappa shape index (κ3) is 1.67. The summed E-state index contributed by atoms with van der Waals surface area (Å²) in [5.74, 6) is -0.0296. The molecule has 1 aliphatic rings.